The molecule has 0 unspecified atom stereocenters. The summed E-state index contributed by atoms with van der Waals surface area (Å²) in [6.45, 7) is 25.1. The molecule has 0 amide bonds. The van der Waals surface area contributed by atoms with Crippen LogP contribution in [0, 0.1) is 0 Å². The largest absolute Gasteiger partial charge is 0.541 e. The van der Waals surface area contributed by atoms with Crippen molar-refractivity contribution in [3.05, 3.63) is 67.3 Å². The maximum atomic E-state index is 12.0. The molecule has 14 heteroatoms. The van der Waals surface area contributed by atoms with Crippen LogP contribution in [-0.2, 0) is 23.8 Å². The van der Waals surface area contributed by atoms with Crippen LogP contribution < -0.4 is 14.2 Å². The van der Waals surface area contributed by atoms with E-state index < -0.39 is 47.0 Å². The van der Waals surface area contributed by atoms with Gasteiger partial charge in [-0.1, -0.05) is 71.9 Å². The lowest BCUT2D eigenvalue weighted by Crippen LogP contribution is -2.45. The first kappa shape index (κ1) is 41.1. The van der Waals surface area contributed by atoms with Crippen LogP contribution in [0.3, 0.4) is 0 Å². The fourth-order valence-corrected chi connectivity index (χ4v) is 8.88. The average Bonchev–Trinajstić information content (AvgIpc) is 3.74. The molecule has 7 rings (SSSR count). The number of anilines is 2. The van der Waals surface area contributed by atoms with Crippen LogP contribution in [0.2, 0.25) is 36.3 Å². The van der Waals surface area contributed by atoms with E-state index in [0.717, 1.165) is 43.8 Å². The molecule has 3 heterocycles. The zero-order valence-electron chi connectivity index (χ0n) is 35.6. The number of imidazole rings is 1. The number of ether oxygens (including phenoxy) is 3. The number of rotatable bonds is 10. The lowest BCUT2D eigenvalue weighted by molar-refractivity contribution is -0.155. The lowest BCUT2D eigenvalue weighted by atomic mass is 9.96. The molecule has 12 nitrogen and oxygen atoms in total. The minimum Gasteiger partial charge on any atom is -0.541 e. The Balaban J connectivity index is 1.41. The number of carbonyl (C=O) groups is 2. The molecule has 4 aromatic carbocycles. The Morgan fingerprint density at radius 2 is 1.50 bits per heavy atom. The van der Waals surface area contributed by atoms with Gasteiger partial charge in [-0.15, -0.1) is 0 Å². The fourth-order valence-electron chi connectivity index (χ4n) is 6.85. The second kappa shape index (κ2) is 15.0. The predicted octanol–water partition coefficient (Wildman–Crippen LogP) is 10.6. The Morgan fingerprint density at radius 1 is 0.828 bits per heavy atom. The molecule has 1 saturated heterocycles. The van der Waals surface area contributed by atoms with Gasteiger partial charge in [0.1, 0.15) is 37.1 Å². The Morgan fingerprint density at radius 3 is 2.16 bits per heavy atom. The lowest BCUT2D eigenvalue weighted by Gasteiger charge is -2.40. The number of nitrogens with zero attached hydrogens (tertiary/aromatic N) is 4. The van der Waals surface area contributed by atoms with Gasteiger partial charge in [0.2, 0.25) is 0 Å². The van der Waals surface area contributed by atoms with Gasteiger partial charge in [-0.2, -0.15) is 0 Å². The molecule has 0 bridgehead atoms. The third kappa shape index (κ3) is 7.89. The van der Waals surface area contributed by atoms with Crippen molar-refractivity contribution in [3.63, 3.8) is 0 Å². The highest BCUT2D eigenvalue weighted by atomic mass is 28.4. The molecule has 306 valence electrons. The van der Waals surface area contributed by atoms with E-state index in [0.29, 0.717) is 29.2 Å². The highest BCUT2D eigenvalue weighted by Crippen LogP contribution is 2.50. The molecule has 1 fully saturated rings. The molecule has 1 N–H and O–H groups in total. The number of fused-ring (bicyclic) bond motifs is 5. The zero-order valence-corrected chi connectivity index (χ0v) is 37.6. The minimum atomic E-state index is -2.39. The number of hydrogen-bond acceptors (Lipinski definition) is 11. The first-order chi connectivity index (χ1) is 27.1. The van der Waals surface area contributed by atoms with Gasteiger partial charge in [0.25, 0.3) is 16.6 Å². The summed E-state index contributed by atoms with van der Waals surface area (Å²) in [5.74, 6) is 1.04. The summed E-state index contributed by atoms with van der Waals surface area (Å²) in [7, 11) is -4.76. The molecule has 0 radical (unpaired) electrons. The topological polar surface area (TPSA) is 136 Å². The molecule has 58 heavy (non-hydrogen) atoms. The summed E-state index contributed by atoms with van der Waals surface area (Å²) in [4.78, 5) is 37.8. The third-order valence-electron chi connectivity index (χ3n) is 12.1. The van der Waals surface area contributed by atoms with Crippen LogP contribution in [0.15, 0.2) is 67.3 Å². The summed E-state index contributed by atoms with van der Waals surface area (Å²) in [6, 6.07) is 19.3. The summed E-state index contributed by atoms with van der Waals surface area (Å²) in [5.41, 5.74) is 1.83. The van der Waals surface area contributed by atoms with Crippen LogP contribution in [0.1, 0.15) is 68.0 Å². The zero-order chi connectivity index (χ0) is 41.9. The fraction of sp³-hybridized carbons (Fsp3) is 0.432. The number of hydrogen-bond donors (Lipinski definition) is 1. The van der Waals surface area contributed by atoms with E-state index in [2.05, 4.69) is 133 Å². The van der Waals surface area contributed by atoms with E-state index in [-0.39, 0.29) is 16.7 Å². The molecular weight excluding hydrogens is 767 g/mol. The van der Waals surface area contributed by atoms with Gasteiger partial charge in [0.05, 0.1) is 12.0 Å². The molecule has 0 aliphatic carbocycles. The molecule has 0 spiro atoms. The highest BCUT2D eigenvalue weighted by molar-refractivity contribution is 6.75. The van der Waals surface area contributed by atoms with Gasteiger partial charge >= 0.3 is 11.9 Å². The molecule has 3 atom stereocenters. The monoisotopic (exact) mass is 821 g/mol. The quantitative estimate of drug-likeness (QED) is 0.0612. The molecule has 6 aromatic rings. The smallest absolute Gasteiger partial charge is 0.303 e. The Labute approximate surface area is 341 Å². The minimum absolute atomic E-state index is 0.0526. The normalized spacial score (nSPS) is 17.9. The third-order valence-corrected chi connectivity index (χ3v) is 20.8. The van der Waals surface area contributed by atoms with Crippen LogP contribution >= 0.6 is 0 Å². The maximum absolute atomic E-state index is 12.0. The second-order valence-corrected chi connectivity index (χ2v) is 27.8. The Hall–Kier alpha value is -5.06. The van der Waals surface area contributed by atoms with Crippen molar-refractivity contribution in [1.82, 2.24) is 19.5 Å². The number of nitrogens with one attached hydrogen (secondary N) is 1. The van der Waals surface area contributed by atoms with Crippen LogP contribution in [0.5, 0.6) is 11.5 Å². The SMILES string of the molecule is CC(=O)OC[C@H]1O[C@@H](n2cnc3c(Nc4cc(O[Si](C)(C)C(C)(C)C)c(O[Si](C)(C)C(C)(C)C)c5ccc6cc7ccccc7cc6c45)ncnc32)C[C@@H]1OC(C)=O. The summed E-state index contributed by atoms with van der Waals surface area (Å²) >= 11 is 0. The van der Waals surface area contributed by atoms with Gasteiger partial charge < -0.3 is 28.4 Å². The average molecular weight is 822 g/mol. The van der Waals surface area contributed by atoms with Crippen molar-refractivity contribution >= 4 is 83.6 Å². The molecule has 0 saturated carbocycles. The van der Waals surface area contributed by atoms with Crippen molar-refractivity contribution in [2.24, 2.45) is 0 Å². The highest BCUT2D eigenvalue weighted by Gasteiger charge is 2.43. The number of benzene rings is 4. The van der Waals surface area contributed by atoms with E-state index in [4.69, 9.17) is 33.0 Å². The molecule has 1 aliphatic rings. The summed E-state index contributed by atoms with van der Waals surface area (Å²) < 4.78 is 33.5. The van der Waals surface area contributed by atoms with Crippen LogP contribution in [0.4, 0.5) is 11.5 Å². The van der Waals surface area contributed by atoms with Crippen molar-refractivity contribution in [3.8, 4) is 11.5 Å². The number of carbonyl (C=O) groups excluding carboxylic acids is 2. The molecule has 1 aliphatic heterocycles. The van der Waals surface area contributed by atoms with Gasteiger partial charge in [-0.25, -0.2) is 15.0 Å². The second-order valence-electron chi connectivity index (χ2n) is 18.4. The Bertz CT molecular complexity index is 2560. The van der Waals surface area contributed by atoms with Gasteiger partial charge in [0, 0.05) is 37.1 Å². The standard InChI is InChI=1S/C44H55N5O7Si2/c1-26(50)52-23-36-34(53-27(2)51)22-37(54-36)49-25-47-39-41(45-24-46-42(39)49)48-33-21-35(55-57(9,10)43(3,4)5)40(56-58(11,12)44(6,7)8)31-18-17-30-19-28-15-13-14-16-29(28)20-32(30)38(31)33/h13-21,24-25,34,36-37H,22-23H2,1-12H3,(H,45,46,48)/t34-,36+,37+/m0/s1. The van der Waals surface area contributed by atoms with Gasteiger partial charge in [0.15, 0.2) is 22.7 Å². The number of aromatic nitrogens is 4. The van der Waals surface area contributed by atoms with Crippen molar-refractivity contribution < 1.29 is 32.7 Å². The van der Waals surface area contributed by atoms with E-state index >= 15 is 0 Å². The summed E-state index contributed by atoms with van der Waals surface area (Å²) in [6.07, 6.45) is 1.59. The maximum Gasteiger partial charge on any atom is 0.303 e. The van der Waals surface area contributed by atoms with E-state index in [9.17, 15) is 9.59 Å². The summed E-state index contributed by atoms with van der Waals surface area (Å²) in [5, 5.41) is 9.89. The van der Waals surface area contributed by atoms with Crippen molar-refractivity contribution in [1.29, 1.82) is 0 Å². The van der Waals surface area contributed by atoms with Gasteiger partial charge in [-0.05, 0) is 76.0 Å². The van der Waals surface area contributed by atoms with E-state index in [1.54, 1.807) is 10.9 Å². The Kier molecular flexibility index (Phi) is 10.6. The molecular formula is C44H55N5O7Si2. The van der Waals surface area contributed by atoms with Gasteiger partial charge in [-0.3, -0.25) is 14.2 Å². The van der Waals surface area contributed by atoms with Crippen molar-refractivity contribution in [2.45, 2.75) is 117 Å². The van der Waals surface area contributed by atoms with Crippen LogP contribution in [0.25, 0.3) is 43.5 Å². The number of esters is 2. The van der Waals surface area contributed by atoms with E-state index in [1.165, 1.54) is 20.2 Å². The van der Waals surface area contributed by atoms with Crippen molar-refractivity contribution in [2.75, 3.05) is 11.9 Å². The van der Waals surface area contributed by atoms with E-state index in [1.807, 2.05) is 0 Å². The van der Waals surface area contributed by atoms with Crippen LogP contribution in [-0.4, -0.2) is 66.9 Å². The first-order valence-electron chi connectivity index (χ1n) is 19.8. The predicted molar refractivity (Wildman–Crippen MR) is 234 cm³/mol. The molecule has 2 aromatic heterocycles. The first-order valence-corrected chi connectivity index (χ1v) is 25.7.